The Morgan fingerprint density at radius 3 is 3.06 bits per heavy atom. The highest BCUT2D eigenvalue weighted by Crippen LogP contribution is 2.21. The molecule has 0 spiro atoms. The molecule has 2 aromatic rings. The smallest absolute Gasteiger partial charge is 0.122 e. The second-order valence-corrected chi connectivity index (χ2v) is 5.97. The van der Waals surface area contributed by atoms with E-state index in [9.17, 15) is 0 Å². The number of rotatable bonds is 7. The highest BCUT2D eigenvalue weighted by molar-refractivity contribution is 7.16. The normalized spacial score (nSPS) is 11.0. The fraction of sp³-hybridized carbons (Fsp3) is 0.462. The van der Waals surface area contributed by atoms with E-state index in [1.807, 2.05) is 18.5 Å². The molecule has 0 saturated heterocycles. The Kier molecular flexibility index (Phi) is 5.23. The van der Waals surface area contributed by atoms with E-state index in [2.05, 4.69) is 27.9 Å². The Labute approximate surface area is 117 Å². The predicted molar refractivity (Wildman–Crippen MR) is 77.3 cm³/mol. The topological polar surface area (TPSA) is 29.9 Å². The summed E-state index contributed by atoms with van der Waals surface area (Å²) in [7, 11) is 0. The summed E-state index contributed by atoms with van der Waals surface area (Å²) >= 11 is 7.55. The lowest BCUT2D eigenvalue weighted by atomic mass is 10.3. The van der Waals surface area contributed by atoms with Gasteiger partial charge in [0, 0.05) is 30.4 Å². The molecule has 0 fully saturated rings. The van der Waals surface area contributed by atoms with E-state index in [1.54, 1.807) is 11.3 Å². The number of halogens is 1. The van der Waals surface area contributed by atoms with Crippen LogP contribution in [0.1, 0.15) is 24.0 Å². The number of aryl methyl sites for hydroxylation is 1. The van der Waals surface area contributed by atoms with Gasteiger partial charge in [0.15, 0.2) is 0 Å². The molecule has 0 bridgehead atoms. The Bertz CT molecular complexity index is 478. The molecule has 0 aliphatic heterocycles. The van der Waals surface area contributed by atoms with Gasteiger partial charge in [0.05, 0.1) is 10.9 Å². The molecule has 0 saturated carbocycles. The van der Waals surface area contributed by atoms with Crippen molar-refractivity contribution >= 4 is 22.9 Å². The summed E-state index contributed by atoms with van der Waals surface area (Å²) in [5.41, 5.74) is 0. The molecule has 0 radical (unpaired) electrons. The molecule has 2 rings (SSSR count). The first kappa shape index (κ1) is 13.6. The molecule has 2 heterocycles. The van der Waals surface area contributed by atoms with Crippen molar-refractivity contribution in [3.05, 3.63) is 39.6 Å². The maximum atomic E-state index is 5.89. The maximum Gasteiger partial charge on any atom is 0.122 e. The van der Waals surface area contributed by atoms with Gasteiger partial charge in [-0.1, -0.05) is 18.5 Å². The van der Waals surface area contributed by atoms with Gasteiger partial charge in [0.2, 0.25) is 0 Å². The highest BCUT2D eigenvalue weighted by atomic mass is 35.5. The second kappa shape index (κ2) is 6.92. The van der Waals surface area contributed by atoms with Crippen molar-refractivity contribution < 1.29 is 0 Å². The Balaban J connectivity index is 1.73. The van der Waals surface area contributed by atoms with Gasteiger partial charge in [0.25, 0.3) is 0 Å². The third-order valence-corrected chi connectivity index (χ3v) is 4.02. The zero-order chi connectivity index (χ0) is 12.8. The maximum absolute atomic E-state index is 5.89. The van der Waals surface area contributed by atoms with E-state index in [0.29, 0.717) is 0 Å². The van der Waals surface area contributed by atoms with Gasteiger partial charge >= 0.3 is 0 Å². The molecule has 0 atom stereocenters. The minimum Gasteiger partial charge on any atom is -0.334 e. The monoisotopic (exact) mass is 283 g/mol. The van der Waals surface area contributed by atoms with Crippen molar-refractivity contribution in [3.8, 4) is 0 Å². The minimum atomic E-state index is 0.826. The number of imidazole rings is 1. The lowest BCUT2D eigenvalue weighted by Gasteiger charge is -2.07. The van der Waals surface area contributed by atoms with Gasteiger partial charge in [0.1, 0.15) is 5.82 Å². The molecule has 18 heavy (non-hydrogen) atoms. The van der Waals surface area contributed by atoms with Crippen LogP contribution in [0.25, 0.3) is 0 Å². The first-order valence-electron chi connectivity index (χ1n) is 6.24. The summed E-state index contributed by atoms with van der Waals surface area (Å²) < 4.78 is 3.07. The number of hydrogen-bond donors (Lipinski definition) is 1. The molecular weight excluding hydrogens is 266 g/mol. The third-order valence-electron chi connectivity index (χ3n) is 2.73. The molecule has 0 aromatic carbocycles. The standard InChI is InChI=1S/C13H18ClN3S/c1-2-8-17-9-7-16-13(17)10-15-6-5-11-3-4-12(14)18-11/h3-4,7,9,15H,2,5-6,8,10H2,1H3. The summed E-state index contributed by atoms with van der Waals surface area (Å²) in [4.78, 5) is 5.69. The van der Waals surface area contributed by atoms with E-state index >= 15 is 0 Å². The molecule has 98 valence electrons. The van der Waals surface area contributed by atoms with Gasteiger partial charge in [-0.25, -0.2) is 4.98 Å². The van der Waals surface area contributed by atoms with Gasteiger partial charge < -0.3 is 9.88 Å². The molecule has 0 aliphatic rings. The van der Waals surface area contributed by atoms with Crippen LogP contribution in [-0.2, 0) is 19.5 Å². The number of thiophene rings is 1. The van der Waals surface area contributed by atoms with Crippen LogP contribution in [0.15, 0.2) is 24.5 Å². The molecule has 0 unspecified atom stereocenters. The quantitative estimate of drug-likeness (QED) is 0.790. The Morgan fingerprint density at radius 1 is 1.44 bits per heavy atom. The summed E-state index contributed by atoms with van der Waals surface area (Å²) in [6.07, 6.45) is 6.06. The van der Waals surface area contributed by atoms with Gasteiger partial charge in [-0.05, 0) is 25.0 Å². The molecule has 1 N–H and O–H groups in total. The van der Waals surface area contributed by atoms with Crippen molar-refractivity contribution in [2.75, 3.05) is 6.54 Å². The van der Waals surface area contributed by atoms with Gasteiger partial charge in [-0.2, -0.15) is 0 Å². The molecular formula is C13H18ClN3S. The van der Waals surface area contributed by atoms with Crippen molar-refractivity contribution in [3.63, 3.8) is 0 Å². The van der Waals surface area contributed by atoms with Crippen LogP contribution in [0.4, 0.5) is 0 Å². The Morgan fingerprint density at radius 2 is 2.33 bits per heavy atom. The van der Waals surface area contributed by atoms with Crippen LogP contribution in [0.2, 0.25) is 4.34 Å². The second-order valence-electron chi connectivity index (χ2n) is 4.17. The van der Waals surface area contributed by atoms with E-state index in [-0.39, 0.29) is 0 Å². The summed E-state index contributed by atoms with van der Waals surface area (Å²) in [6.45, 7) is 5.00. The van der Waals surface area contributed by atoms with Crippen molar-refractivity contribution in [1.82, 2.24) is 14.9 Å². The lowest BCUT2D eigenvalue weighted by Crippen LogP contribution is -2.19. The molecule has 3 nitrogen and oxygen atoms in total. The van der Waals surface area contributed by atoms with Crippen molar-refractivity contribution in [1.29, 1.82) is 0 Å². The van der Waals surface area contributed by atoms with Crippen molar-refractivity contribution in [2.45, 2.75) is 32.9 Å². The summed E-state index contributed by atoms with van der Waals surface area (Å²) in [5.74, 6) is 1.11. The number of hydrogen-bond acceptors (Lipinski definition) is 3. The van der Waals surface area contributed by atoms with Crippen LogP contribution >= 0.6 is 22.9 Å². The fourth-order valence-electron chi connectivity index (χ4n) is 1.85. The summed E-state index contributed by atoms with van der Waals surface area (Å²) in [5, 5.41) is 3.42. The SMILES string of the molecule is CCCn1ccnc1CNCCc1ccc(Cl)s1. The van der Waals surface area contributed by atoms with Gasteiger partial charge in [-0.3, -0.25) is 0 Å². The van der Waals surface area contributed by atoms with Crippen LogP contribution in [-0.4, -0.2) is 16.1 Å². The van der Waals surface area contributed by atoms with E-state index in [1.165, 1.54) is 4.88 Å². The van der Waals surface area contributed by atoms with Gasteiger partial charge in [-0.15, -0.1) is 11.3 Å². The Hall–Kier alpha value is -0.840. The number of nitrogens with zero attached hydrogens (tertiary/aromatic N) is 2. The molecule has 0 amide bonds. The van der Waals surface area contributed by atoms with Crippen molar-refractivity contribution in [2.24, 2.45) is 0 Å². The minimum absolute atomic E-state index is 0.826. The summed E-state index contributed by atoms with van der Waals surface area (Å²) in [6, 6.07) is 4.04. The van der Waals surface area contributed by atoms with Crippen LogP contribution in [0.5, 0.6) is 0 Å². The van der Waals surface area contributed by atoms with E-state index < -0.39 is 0 Å². The van der Waals surface area contributed by atoms with Crippen LogP contribution in [0, 0.1) is 0 Å². The zero-order valence-corrected chi connectivity index (χ0v) is 12.1. The highest BCUT2D eigenvalue weighted by Gasteiger charge is 2.02. The predicted octanol–water partition coefficient (Wildman–Crippen LogP) is 3.34. The first-order valence-corrected chi connectivity index (χ1v) is 7.44. The number of nitrogens with one attached hydrogen (secondary N) is 1. The van der Waals surface area contributed by atoms with E-state index in [0.717, 1.165) is 42.6 Å². The fourth-order valence-corrected chi connectivity index (χ4v) is 2.94. The average molecular weight is 284 g/mol. The third kappa shape index (κ3) is 3.83. The molecule has 0 aliphatic carbocycles. The average Bonchev–Trinajstić information content (AvgIpc) is 2.95. The van der Waals surface area contributed by atoms with Crippen LogP contribution < -0.4 is 5.32 Å². The first-order chi connectivity index (χ1) is 8.79. The number of aromatic nitrogens is 2. The van der Waals surface area contributed by atoms with E-state index in [4.69, 9.17) is 11.6 Å². The lowest BCUT2D eigenvalue weighted by molar-refractivity contribution is 0.590. The largest absolute Gasteiger partial charge is 0.334 e. The molecule has 2 aromatic heterocycles. The van der Waals surface area contributed by atoms with Crippen LogP contribution in [0.3, 0.4) is 0 Å². The zero-order valence-electron chi connectivity index (χ0n) is 10.5. The molecule has 5 heteroatoms.